The van der Waals surface area contributed by atoms with E-state index in [4.69, 9.17) is 4.74 Å². The summed E-state index contributed by atoms with van der Waals surface area (Å²) < 4.78 is 5.06. The second kappa shape index (κ2) is 7.46. The third kappa shape index (κ3) is 5.17. The van der Waals surface area contributed by atoms with E-state index in [1.54, 1.807) is 7.11 Å². The van der Waals surface area contributed by atoms with Crippen molar-refractivity contribution >= 4 is 0 Å². The van der Waals surface area contributed by atoms with Gasteiger partial charge in [0, 0.05) is 25.6 Å². The van der Waals surface area contributed by atoms with Gasteiger partial charge in [-0.15, -0.1) is 6.58 Å². The van der Waals surface area contributed by atoms with Gasteiger partial charge in [0.05, 0.1) is 6.61 Å². The third-order valence-electron chi connectivity index (χ3n) is 3.60. The number of methoxy groups -OCH3 is 1. The van der Waals surface area contributed by atoms with Crippen molar-refractivity contribution in [3.05, 3.63) is 47.5 Å². The van der Waals surface area contributed by atoms with Crippen LogP contribution in [-0.2, 0) is 11.2 Å². The van der Waals surface area contributed by atoms with Gasteiger partial charge in [0.25, 0.3) is 0 Å². The van der Waals surface area contributed by atoms with Gasteiger partial charge in [-0.1, -0.05) is 36.8 Å². The summed E-state index contributed by atoms with van der Waals surface area (Å²) >= 11 is 0. The highest BCUT2D eigenvalue weighted by Gasteiger charge is 2.21. The van der Waals surface area contributed by atoms with E-state index >= 15 is 0 Å². The van der Waals surface area contributed by atoms with Gasteiger partial charge in [-0.3, -0.25) is 0 Å². The van der Waals surface area contributed by atoms with Crippen LogP contribution in [0.5, 0.6) is 0 Å². The number of nitrogens with one attached hydrogen (secondary N) is 1. The molecule has 1 aromatic rings. The Bertz CT molecular complexity index is 414. The van der Waals surface area contributed by atoms with E-state index in [-0.39, 0.29) is 5.41 Å². The van der Waals surface area contributed by atoms with Gasteiger partial charge in [0.2, 0.25) is 0 Å². The lowest BCUT2D eigenvalue weighted by atomic mass is 9.82. The normalized spacial score (nSPS) is 14.1. The standard InChI is InChI=1S/C17H27NO/c1-6-17(4,13-18-9-10-19-5)12-16-11-14(2)7-8-15(16)3/h6-8,11,18H,1,9-10,12-13H2,2-5H3. The van der Waals surface area contributed by atoms with Gasteiger partial charge >= 0.3 is 0 Å². The van der Waals surface area contributed by atoms with E-state index in [0.29, 0.717) is 0 Å². The highest BCUT2D eigenvalue weighted by molar-refractivity contribution is 5.32. The molecule has 19 heavy (non-hydrogen) atoms. The lowest BCUT2D eigenvalue weighted by molar-refractivity contribution is 0.195. The predicted octanol–water partition coefficient (Wildman–Crippen LogP) is 3.27. The van der Waals surface area contributed by atoms with Crippen LogP contribution in [0.1, 0.15) is 23.6 Å². The summed E-state index contributed by atoms with van der Waals surface area (Å²) in [6.45, 7) is 13.1. The number of hydrogen-bond acceptors (Lipinski definition) is 2. The molecule has 0 aliphatic rings. The molecule has 0 radical (unpaired) electrons. The average Bonchev–Trinajstić information content (AvgIpc) is 2.39. The second-order valence-corrected chi connectivity index (χ2v) is 5.63. The maximum atomic E-state index is 5.06. The predicted molar refractivity (Wildman–Crippen MR) is 82.7 cm³/mol. The van der Waals surface area contributed by atoms with Crippen molar-refractivity contribution in [1.29, 1.82) is 0 Å². The van der Waals surface area contributed by atoms with Crippen LogP contribution in [0.25, 0.3) is 0 Å². The molecule has 1 atom stereocenters. The molecule has 0 spiro atoms. The number of ether oxygens (including phenoxy) is 1. The van der Waals surface area contributed by atoms with Gasteiger partial charge in [0.15, 0.2) is 0 Å². The van der Waals surface area contributed by atoms with Gasteiger partial charge in [-0.2, -0.15) is 0 Å². The Morgan fingerprint density at radius 2 is 2.11 bits per heavy atom. The molecule has 0 aliphatic heterocycles. The Hall–Kier alpha value is -1.12. The van der Waals surface area contributed by atoms with E-state index in [2.05, 4.69) is 56.9 Å². The van der Waals surface area contributed by atoms with Crippen LogP contribution in [0.3, 0.4) is 0 Å². The van der Waals surface area contributed by atoms with Crippen molar-refractivity contribution in [3.63, 3.8) is 0 Å². The fourth-order valence-electron chi connectivity index (χ4n) is 2.18. The minimum absolute atomic E-state index is 0.0757. The Labute approximate surface area is 117 Å². The molecule has 0 fully saturated rings. The van der Waals surface area contributed by atoms with E-state index in [1.165, 1.54) is 16.7 Å². The first kappa shape index (κ1) is 15.9. The summed E-state index contributed by atoms with van der Waals surface area (Å²) in [6.07, 6.45) is 3.08. The zero-order chi connectivity index (χ0) is 14.3. The van der Waals surface area contributed by atoms with Crippen LogP contribution in [0.2, 0.25) is 0 Å². The van der Waals surface area contributed by atoms with E-state index < -0.39 is 0 Å². The maximum absolute atomic E-state index is 5.06. The summed E-state index contributed by atoms with van der Waals surface area (Å²) in [4.78, 5) is 0. The van der Waals surface area contributed by atoms with Crippen LogP contribution in [0.4, 0.5) is 0 Å². The molecule has 2 nitrogen and oxygen atoms in total. The molecule has 1 rings (SSSR count). The monoisotopic (exact) mass is 261 g/mol. The lowest BCUT2D eigenvalue weighted by Crippen LogP contribution is -2.34. The Morgan fingerprint density at radius 1 is 1.37 bits per heavy atom. The SMILES string of the molecule is C=CC(C)(CNCCOC)Cc1cc(C)ccc1C. The molecular weight excluding hydrogens is 234 g/mol. The minimum atomic E-state index is 0.0757. The van der Waals surface area contributed by atoms with Gasteiger partial charge in [0.1, 0.15) is 0 Å². The smallest absolute Gasteiger partial charge is 0.0587 e. The fraction of sp³-hybridized carbons (Fsp3) is 0.529. The molecular formula is C17H27NO. The van der Waals surface area contributed by atoms with Gasteiger partial charge < -0.3 is 10.1 Å². The van der Waals surface area contributed by atoms with Crippen molar-refractivity contribution in [2.24, 2.45) is 5.41 Å². The first-order valence-electron chi connectivity index (χ1n) is 6.90. The fourth-order valence-corrected chi connectivity index (χ4v) is 2.18. The number of rotatable bonds is 8. The Kier molecular flexibility index (Phi) is 6.26. The molecule has 0 aliphatic carbocycles. The van der Waals surface area contributed by atoms with Crippen LogP contribution in [-0.4, -0.2) is 26.8 Å². The summed E-state index contributed by atoms with van der Waals surface area (Å²) in [6, 6.07) is 6.65. The maximum Gasteiger partial charge on any atom is 0.0587 e. The van der Waals surface area contributed by atoms with Gasteiger partial charge in [-0.05, 0) is 31.4 Å². The van der Waals surface area contributed by atoms with Crippen LogP contribution < -0.4 is 5.32 Å². The van der Waals surface area contributed by atoms with E-state index in [1.807, 2.05) is 0 Å². The third-order valence-corrected chi connectivity index (χ3v) is 3.60. The van der Waals surface area contributed by atoms with Gasteiger partial charge in [-0.25, -0.2) is 0 Å². The topological polar surface area (TPSA) is 21.3 Å². The Balaban J connectivity index is 2.68. The molecule has 0 saturated carbocycles. The van der Waals surface area contributed by atoms with Crippen molar-refractivity contribution in [2.45, 2.75) is 27.2 Å². The summed E-state index contributed by atoms with van der Waals surface area (Å²) in [7, 11) is 1.73. The highest BCUT2D eigenvalue weighted by Crippen LogP contribution is 2.25. The molecule has 1 N–H and O–H groups in total. The summed E-state index contributed by atoms with van der Waals surface area (Å²) in [5, 5.41) is 3.44. The van der Waals surface area contributed by atoms with Crippen molar-refractivity contribution in [1.82, 2.24) is 5.32 Å². The highest BCUT2D eigenvalue weighted by atomic mass is 16.5. The molecule has 0 amide bonds. The summed E-state index contributed by atoms with van der Waals surface area (Å²) in [5.41, 5.74) is 4.16. The molecule has 0 aromatic heterocycles. The average molecular weight is 261 g/mol. The van der Waals surface area contributed by atoms with Crippen LogP contribution >= 0.6 is 0 Å². The molecule has 1 aromatic carbocycles. The van der Waals surface area contributed by atoms with Crippen LogP contribution in [0, 0.1) is 19.3 Å². The number of hydrogen-bond donors (Lipinski definition) is 1. The molecule has 0 bridgehead atoms. The molecule has 0 saturated heterocycles. The largest absolute Gasteiger partial charge is 0.383 e. The van der Waals surface area contributed by atoms with Crippen molar-refractivity contribution in [2.75, 3.05) is 26.8 Å². The Morgan fingerprint density at radius 3 is 2.74 bits per heavy atom. The van der Waals surface area contributed by atoms with E-state index in [9.17, 15) is 0 Å². The van der Waals surface area contributed by atoms with E-state index in [0.717, 1.165) is 26.1 Å². The van der Waals surface area contributed by atoms with Crippen LogP contribution in [0.15, 0.2) is 30.9 Å². The van der Waals surface area contributed by atoms with Crippen molar-refractivity contribution in [3.8, 4) is 0 Å². The first-order valence-corrected chi connectivity index (χ1v) is 6.90. The quantitative estimate of drug-likeness (QED) is 0.573. The zero-order valence-corrected chi connectivity index (χ0v) is 12.8. The molecule has 106 valence electrons. The second-order valence-electron chi connectivity index (χ2n) is 5.63. The number of aryl methyl sites for hydroxylation is 2. The molecule has 0 heterocycles. The minimum Gasteiger partial charge on any atom is -0.383 e. The lowest BCUT2D eigenvalue weighted by Gasteiger charge is -2.27. The van der Waals surface area contributed by atoms with Crippen molar-refractivity contribution < 1.29 is 4.74 Å². The first-order chi connectivity index (χ1) is 9.00. The zero-order valence-electron chi connectivity index (χ0n) is 12.8. The number of benzene rings is 1. The molecule has 2 heteroatoms. The molecule has 1 unspecified atom stereocenters. The summed E-state index contributed by atoms with van der Waals surface area (Å²) in [5.74, 6) is 0.